The normalized spacial score (nSPS) is 11.2. The van der Waals surface area contributed by atoms with Gasteiger partial charge in [0.05, 0.1) is 24.0 Å². The summed E-state index contributed by atoms with van der Waals surface area (Å²) in [7, 11) is 0. The Kier molecular flexibility index (Phi) is 4.89. The maximum Gasteiger partial charge on any atom is 0.122 e. The van der Waals surface area contributed by atoms with E-state index < -0.39 is 0 Å². The summed E-state index contributed by atoms with van der Waals surface area (Å²) in [4.78, 5) is 4.52. The topological polar surface area (TPSA) is 27.1 Å². The van der Waals surface area contributed by atoms with Crippen LogP contribution in [0.4, 0.5) is 0 Å². The largest absolute Gasteiger partial charge is 0.493 e. The molecule has 24 heavy (non-hydrogen) atoms. The molecule has 0 amide bonds. The molecule has 0 bridgehead atoms. The van der Waals surface area contributed by atoms with Crippen molar-refractivity contribution in [3.8, 4) is 5.75 Å². The lowest BCUT2D eigenvalue weighted by atomic mass is 10.1. The van der Waals surface area contributed by atoms with Gasteiger partial charge in [-0.3, -0.25) is 0 Å². The van der Waals surface area contributed by atoms with E-state index in [9.17, 15) is 0 Å². The Morgan fingerprint density at radius 3 is 2.50 bits per heavy atom. The van der Waals surface area contributed by atoms with Crippen LogP contribution in [0.25, 0.3) is 11.0 Å². The molecule has 0 fully saturated rings. The summed E-state index contributed by atoms with van der Waals surface area (Å²) in [6.45, 7) is 10.2. The van der Waals surface area contributed by atoms with Crippen molar-refractivity contribution in [2.24, 2.45) is 0 Å². The highest BCUT2D eigenvalue weighted by Crippen LogP contribution is 2.20. The third kappa shape index (κ3) is 3.61. The second-order valence-electron chi connectivity index (χ2n) is 6.69. The molecular weight excluding hydrogens is 296 g/mol. The number of ether oxygens (including phenoxy) is 1. The number of rotatable bonds is 6. The van der Waals surface area contributed by atoms with Gasteiger partial charge < -0.3 is 9.30 Å². The lowest BCUT2D eigenvalue weighted by Gasteiger charge is -2.10. The first-order valence-electron chi connectivity index (χ1n) is 8.67. The smallest absolute Gasteiger partial charge is 0.122 e. The van der Waals surface area contributed by atoms with Crippen LogP contribution in [0, 0.1) is 27.7 Å². The number of aryl methyl sites for hydroxylation is 5. The fourth-order valence-corrected chi connectivity index (χ4v) is 3.02. The van der Waals surface area contributed by atoms with Crippen molar-refractivity contribution in [2.75, 3.05) is 6.61 Å². The van der Waals surface area contributed by atoms with E-state index in [2.05, 4.69) is 67.6 Å². The summed E-state index contributed by atoms with van der Waals surface area (Å²) in [6, 6.07) is 10.7. The minimum atomic E-state index is 0.759. The quantitative estimate of drug-likeness (QED) is 0.588. The van der Waals surface area contributed by atoms with E-state index in [1.807, 2.05) is 6.33 Å². The number of aromatic nitrogens is 2. The van der Waals surface area contributed by atoms with Crippen LogP contribution < -0.4 is 4.74 Å². The molecule has 0 aliphatic heterocycles. The third-order valence-electron chi connectivity index (χ3n) is 4.62. The standard InChI is InChI=1S/C21H26N2O/c1-15-7-8-21(18(4)11-15)24-10-6-5-9-23-14-22-19-12-16(2)17(3)13-20(19)23/h7-8,11-14H,5-6,9-10H2,1-4H3. The fourth-order valence-electron chi connectivity index (χ4n) is 3.02. The zero-order chi connectivity index (χ0) is 17.1. The van der Waals surface area contributed by atoms with Crippen molar-refractivity contribution in [2.45, 2.75) is 47.1 Å². The molecule has 0 aliphatic carbocycles. The van der Waals surface area contributed by atoms with Crippen LogP contribution in [0.1, 0.15) is 35.1 Å². The van der Waals surface area contributed by atoms with E-state index in [1.165, 1.54) is 27.8 Å². The molecule has 0 radical (unpaired) electrons. The summed E-state index contributed by atoms with van der Waals surface area (Å²) < 4.78 is 8.16. The summed E-state index contributed by atoms with van der Waals surface area (Å²) >= 11 is 0. The molecule has 0 spiro atoms. The first-order valence-corrected chi connectivity index (χ1v) is 8.67. The van der Waals surface area contributed by atoms with E-state index in [0.717, 1.165) is 37.3 Å². The molecule has 0 aliphatic rings. The molecule has 0 saturated heterocycles. The zero-order valence-electron chi connectivity index (χ0n) is 15.1. The Balaban J connectivity index is 1.53. The number of hydrogen-bond acceptors (Lipinski definition) is 2. The summed E-state index contributed by atoms with van der Waals surface area (Å²) in [5, 5.41) is 0. The Morgan fingerprint density at radius 1 is 0.917 bits per heavy atom. The monoisotopic (exact) mass is 322 g/mol. The lowest BCUT2D eigenvalue weighted by molar-refractivity contribution is 0.301. The highest BCUT2D eigenvalue weighted by Gasteiger charge is 2.05. The van der Waals surface area contributed by atoms with Crippen LogP contribution in [0.3, 0.4) is 0 Å². The second-order valence-corrected chi connectivity index (χ2v) is 6.69. The van der Waals surface area contributed by atoms with Crippen LogP contribution in [0.15, 0.2) is 36.7 Å². The van der Waals surface area contributed by atoms with Crippen molar-refractivity contribution in [1.82, 2.24) is 9.55 Å². The van der Waals surface area contributed by atoms with Gasteiger partial charge in [0, 0.05) is 6.54 Å². The van der Waals surface area contributed by atoms with Crippen molar-refractivity contribution in [3.63, 3.8) is 0 Å². The highest BCUT2D eigenvalue weighted by atomic mass is 16.5. The first kappa shape index (κ1) is 16.6. The molecule has 3 aromatic rings. The minimum Gasteiger partial charge on any atom is -0.493 e. The van der Waals surface area contributed by atoms with Crippen LogP contribution in [-0.4, -0.2) is 16.2 Å². The number of imidazole rings is 1. The van der Waals surface area contributed by atoms with Crippen molar-refractivity contribution >= 4 is 11.0 Å². The van der Waals surface area contributed by atoms with Crippen molar-refractivity contribution in [3.05, 3.63) is 58.9 Å². The fraction of sp³-hybridized carbons (Fsp3) is 0.381. The van der Waals surface area contributed by atoms with Crippen molar-refractivity contribution in [1.29, 1.82) is 0 Å². The molecule has 126 valence electrons. The van der Waals surface area contributed by atoms with Gasteiger partial charge >= 0.3 is 0 Å². The molecular formula is C21H26N2O. The number of benzene rings is 2. The van der Waals surface area contributed by atoms with Gasteiger partial charge in [-0.1, -0.05) is 17.7 Å². The average molecular weight is 322 g/mol. The van der Waals surface area contributed by atoms with Crippen LogP contribution >= 0.6 is 0 Å². The number of hydrogen-bond donors (Lipinski definition) is 0. The Hall–Kier alpha value is -2.29. The average Bonchev–Trinajstić information content (AvgIpc) is 2.91. The molecule has 2 aromatic carbocycles. The van der Waals surface area contributed by atoms with Gasteiger partial charge in [-0.25, -0.2) is 4.98 Å². The second kappa shape index (κ2) is 7.08. The summed E-state index contributed by atoms with van der Waals surface area (Å²) in [6.07, 6.45) is 4.08. The molecule has 0 saturated carbocycles. The Bertz CT molecular complexity index is 848. The summed E-state index contributed by atoms with van der Waals surface area (Å²) in [5.74, 6) is 1.000. The number of fused-ring (bicyclic) bond motifs is 1. The lowest BCUT2D eigenvalue weighted by Crippen LogP contribution is -2.02. The number of unbranched alkanes of at least 4 members (excludes halogenated alkanes) is 1. The Labute approximate surface area is 144 Å². The SMILES string of the molecule is Cc1ccc(OCCCCn2cnc3cc(C)c(C)cc32)c(C)c1. The molecule has 0 atom stereocenters. The van der Waals surface area contributed by atoms with E-state index >= 15 is 0 Å². The molecule has 0 N–H and O–H groups in total. The van der Waals surface area contributed by atoms with Crippen molar-refractivity contribution < 1.29 is 4.74 Å². The zero-order valence-corrected chi connectivity index (χ0v) is 15.1. The molecule has 1 heterocycles. The van der Waals surface area contributed by atoms with E-state index in [-0.39, 0.29) is 0 Å². The third-order valence-corrected chi connectivity index (χ3v) is 4.62. The van der Waals surface area contributed by atoms with Crippen LogP contribution in [0.2, 0.25) is 0 Å². The van der Waals surface area contributed by atoms with Crippen LogP contribution in [-0.2, 0) is 6.54 Å². The van der Waals surface area contributed by atoms with E-state index in [1.54, 1.807) is 0 Å². The predicted octanol–water partition coefficient (Wildman–Crippen LogP) is 5.13. The van der Waals surface area contributed by atoms with Gasteiger partial charge in [0.25, 0.3) is 0 Å². The molecule has 0 unspecified atom stereocenters. The van der Waals surface area contributed by atoms with E-state index in [4.69, 9.17) is 4.74 Å². The Morgan fingerprint density at radius 2 is 1.71 bits per heavy atom. The maximum absolute atomic E-state index is 5.91. The van der Waals surface area contributed by atoms with E-state index in [0.29, 0.717) is 0 Å². The maximum atomic E-state index is 5.91. The summed E-state index contributed by atoms with van der Waals surface area (Å²) in [5.41, 5.74) is 7.42. The molecule has 3 rings (SSSR count). The number of nitrogens with zero attached hydrogens (tertiary/aromatic N) is 2. The minimum absolute atomic E-state index is 0.759. The highest BCUT2D eigenvalue weighted by molar-refractivity contribution is 5.77. The van der Waals surface area contributed by atoms with Gasteiger partial charge in [0.15, 0.2) is 0 Å². The molecule has 3 heteroatoms. The van der Waals surface area contributed by atoms with Gasteiger partial charge in [-0.05, 0) is 75.4 Å². The van der Waals surface area contributed by atoms with Gasteiger partial charge in [-0.2, -0.15) is 0 Å². The van der Waals surface area contributed by atoms with Gasteiger partial charge in [0.1, 0.15) is 5.75 Å². The molecule has 3 nitrogen and oxygen atoms in total. The van der Waals surface area contributed by atoms with Gasteiger partial charge in [0.2, 0.25) is 0 Å². The predicted molar refractivity (Wildman–Crippen MR) is 99.9 cm³/mol. The molecule has 1 aromatic heterocycles. The van der Waals surface area contributed by atoms with Gasteiger partial charge in [-0.15, -0.1) is 0 Å². The van der Waals surface area contributed by atoms with Crippen LogP contribution in [0.5, 0.6) is 5.75 Å². The first-order chi connectivity index (χ1) is 11.5.